The number of aliphatic hydroxyl groups is 2. The van der Waals surface area contributed by atoms with Crippen molar-refractivity contribution < 1.29 is 62.9 Å². The van der Waals surface area contributed by atoms with Crippen molar-refractivity contribution in [2.24, 2.45) is 0 Å². The molecule has 2 aromatic carbocycles. The van der Waals surface area contributed by atoms with Crippen LogP contribution >= 0.6 is 23.2 Å². The lowest BCUT2D eigenvalue weighted by Gasteiger charge is -2.34. The van der Waals surface area contributed by atoms with Crippen molar-refractivity contribution in [1.29, 1.82) is 0 Å². The highest BCUT2D eigenvalue weighted by Gasteiger charge is 2.73. The maximum absolute atomic E-state index is 13.3. The summed E-state index contributed by atoms with van der Waals surface area (Å²) >= 11 is 11.6. The normalized spacial score (nSPS) is 14.3. The molecule has 0 bridgehead atoms. The Morgan fingerprint density at radius 1 is 0.541 bits per heavy atom. The molecule has 208 valence electrons. The minimum absolute atomic E-state index is 0.0186. The van der Waals surface area contributed by atoms with Crippen LogP contribution in [-0.2, 0) is 17.6 Å². The molecule has 0 unspecified atom stereocenters. The molecule has 4 nitrogen and oxygen atoms in total. The summed E-state index contributed by atoms with van der Waals surface area (Å²) in [5.41, 5.74) is -8.72. The second-order valence-electron chi connectivity index (χ2n) is 7.65. The fourth-order valence-corrected chi connectivity index (χ4v) is 3.78. The van der Waals surface area contributed by atoms with Crippen LogP contribution in [0, 0.1) is 0 Å². The highest BCUT2D eigenvalue weighted by Crippen LogP contribution is 2.54. The van der Waals surface area contributed by atoms with Crippen molar-refractivity contribution in [1.82, 2.24) is 0 Å². The second-order valence-corrected chi connectivity index (χ2v) is 8.46. The molecule has 0 fully saturated rings. The Balaban J connectivity index is 2.81. The van der Waals surface area contributed by atoms with Gasteiger partial charge in [0.2, 0.25) is 0 Å². The van der Waals surface area contributed by atoms with Gasteiger partial charge in [0, 0.05) is 39.0 Å². The smallest absolute Gasteiger partial charge is 0.398 e. The van der Waals surface area contributed by atoms with Gasteiger partial charge in [-0.1, -0.05) is 23.2 Å². The lowest BCUT2D eigenvalue weighted by Crippen LogP contribution is -2.54. The van der Waals surface area contributed by atoms with Gasteiger partial charge in [0.1, 0.15) is 0 Å². The Hall–Kier alpha value is -2.30. The van der Waals surface area contributed by atoms with E-state index >= 15 is 0 Å². The van der Waals surface area contributed by atoms with Crippen molar-refractivity contribution in [2.75, 3.05) is 11.5 Å². The summed E-state index contributed by atoms with van der Waals surface area (Å²) in [5.74, 6) is 0. The Morgan fingerprint density at radius 2 is 0.784 bits per heavy atom. The van der Waals surface area contributed by atoms with Crippen LogP contribution in [0.4, 0.5) is 64.1 Å². The molecular weight excluding hydrogens is 587 g/mol. The summed E-state index contributed by atoms with van der Waals surface area (Å²) in [6.45, 7) is 0. The first-order valence-corrected chi connectivity index (χ1v) is 9.94. The van der Waals surface area contributed by atoms with Crippen molar-refractivity contribution in [2.45, 2.75) is 42.3 Å². The zero-order valence-corrected chi connectivity index (χ0v) is 18.9. The summed E-state index contributed by atoms with van der Waals surface area (Å²) in [6, 6.07) is 0.737. The molecular formula is C19H12Cl2F12N2O2. The fraction of sp³-hybridized carbons (Fsp3) is 0.368. The summed E-state index contributed by atoms with van der Waals surface area (Å²) in [6.07, 6.45) is -26.6. The number of halogens is 14. The number of rotatable bonds is 4. The van der Waals surface area contributed by atoms with Gasteiger partial charge in [-0.25, -0.2) is 0 Å². The summed E-state index contributed by atoms with van der Waals surface area (Å²) in [7, 11) is 0. The minimum atomic E-state index is -6.38. The van der Waals surface area contributed by atoms with Crippen LogP contribution in [0.15, 0.2) is 24.3 Å². The van der Waals surface area contributed by atoms with E-state index in [1.807, 2.05) is 0 Å². The molecule has 0 atom stereocenters. The Kier molecular flexibility index (Phi) is 7.66. The van der Waals surface area contributed by atoms with E-state index in [4.69, 9.17) is 34.7 Å². The number of hydrogen-bond acceptors (Lipinski definition) is 4. The average Bonchev–Trinajstić information content (AvgIpc) is 2.67. The van der Waals surface area contributed by atoms with Crippen molar-refractivity contribution in [3.05, 3.63) is 56.6 Å². The topological polar surface area (TPSA) is 92.5 Å². The molecule has 0 saturated carbocycles. The molecule has 0 radical (unpaired) electrons. The molecule has 2 rings (SSSR count). The van der Waals surface area contributed by atoms with Crippen LogP contribution in [-0.4, -0.2) is 34.9 Å². The predicted octanol–water partition coefficient (Wildman–Crippen LogP) is 6.37. The first-order chi connectivity index (χ1) is 16.3. The highest BCUT2D eigenvalue weighted by atomic mass is 35.5. The van der Waals surface area contributed by atoms with E-state index in [2.05, 4.69) is 0 Å². The Bertz CT molecular complexity index is 1070. The van der Waals surface area contributed by atoms with Crippen LogP contribution in [0.2, 0.25) is 10.0 Å². The molecule has 0 saturated heterocycles. The van der Waals surface area contributed by atoms with Gasteiger partial charge in [-0.2, -0.15) is 52.7 Å². The second kappa shape index (κ2) is 9.17. The zero-order valence-electron chi connectivity index (χ0n) is 17.4. The fourth-order valence-electron chi connectivity index (χ4n) is 3.30. The van der Waals surface area contributed by atoms with E-state index in [1.54, 1.807) is 0 Å². The number of anilines is 2. The van der Waals surface area contributed by atoms with Crippen LogP contribution < -0.4 is 11.5 Å². The van der Waals surface area contributed by atoms with Gasteiger partial charge >= 0.3 is 24.7 Å². The molecule has 0 heterocycles. The van der Waals surface area contributed by atoms with Crippen LogP contribution in [0.3, 0.4) is 0 Å². The maximum Gasteiger partial charge on any atom is 0.430 e. The van der Waals surface area contributed by atoms with E-state index in [-0.39, 0.29) is 12.1 Å². The third-order valence-corrected chi connectivity index (χ3v) is 5.94. The Morgan fingerprint density at radius 3 is 1.00 bits per heavy atom. The van der Waals surface area contributed by atoms with E-state index in [0.29, 0.717) is 12.1 Å². The van der Waals surface area contributed by atoms with E-state index in [1.165, 1.54) is 0 Å². The number of nitrogens with two attached hydrogens (primary N) is 2. The largest absolute Gasteiger partial charge is 0.430 e. The average molecular weight is 599 g/mol. The van der Waals surface area contributed by atoms with Gasteiger partial charge in [0.05, 0.1) is 0 Å². The SMILES string of the molecule is Nc1cc(Cl)c(Cc2cc(C(O)(C(F)(F)F)C(F)(F)F)c(N)cc2Cl)cc1C(O)(C(F)(F)F)C(F)(F)F. The van der Waals surface area contributed by atoms with Crippen LogP contribution in [0.5, 0.6) is 0 Å². The molecule has 37 heavy (non-hydrogen) atoms. The van der Waals surface area contributed by atoms with Crippen LogP contribution in [0.25, 0.3) is 0 Å². The number of nitrogen functional groups attached to an aromatic ring is 2. The molecule has 6 N–H and O–H groups in total. The van der Waals surface area contributed by atoms with E-state index in [9.17, 15) is 62.9 Å². The van der Waals surface area contributed by atoms with Crippen molar-refractivity contribution in [3.63, 3.8) is 0 Å². The molecule has 0 aliphatic heterocycles. The quantitative estimate of drug-likeness (QED) is 0.243. The van der Waals surface area contributed by atoms with Gasteiger partial charge in [0.25, 0.3) is 11.2 Å². The van der Waals surface area contributed by atoms with Gasteiger partial charge < -0.3 is 21.7 Å². The molecule has 0 aliphatic rings. The molecule has 2 aromatic rings. The first kappa shape index (κ1) is 30.9. The number of hydrogen-bond donors (Lipinski definition) is 4. The van der Waals surface area contributed by atoms with Crippen LogP contribution in [0.1, 0.15) is 22.3 Å². The van der Waals surface area contributed by atoms with Crippen molar-refractivity contribution in [3.8, 4) is 0 Å². The third kappa shape index (κ3) is 5.07. The lowest BCUT2D eigenvalue weighted by molar-refractivity contribution is -0.376. The Labute approximate surface area is 208 Å². The van der Waals surface area contributed by atoms with Gasteiger partial charge in [-0.05, 0) is 35.4 Å². The summed E-state index contributed by atoms with van der Waals surface area (Å²) in [4.78, 5) is 0. The van der Waals surface area contributed by atoms with E-state index < -0.39 is 86.0 Å². The van der Waals surface area contributed by atoms with Crippen molar-refractivity contribution >= 4 is 34.6 Å². The maximum atomic E-state index is 13.3. The molecule has 0 aromatic heterocycles. The molecule has 18 heteroatoms. The standard InChI is InChI=1S/C19H12Cl2F12N2O2/c20-10-4-12(34)8(14(36,16(22,23)24)17(25,26)27)2-6(10)1-7-3-9(13(35)5-11(7)21)15(37,18(28,29)30)19(31,32)33/h2-5,36-37H,1,34-35H2. The third-order valence-electron chi connectivity index (χ3n) is 5.24. The molecule has 0 aliphatic carbocycles. The lowest BCUT2D eigenvalue weighted by atomic mass is 9.86. The van der Waals surface area contributed by atoms with Gasteiger partial charge in [-0.3, -0.25) is 0 Å². The van der Waals surface area contributed by atoms with Gasteiger partial charge in [-0.15, -0.1) is 0 Å². The first-order valence-electron chi connectivity index (χ1n) is 9.19. The number of alkyl halides is 12. The number of benzene rings is 2. The predicted molar refractivity (Wildman–Crippen MR) is 107 cm³/mol. The van der Waals surface area contributed by atoms with E-state index in [0.717, 1.165) is 0 Å². The highest BCUT2D eigenvalue weighted by molar-refractivity contribution is 6.32. The molecule has 0 amide bonds. The molecule has 0 spiro atoms. The monoisotopic (exact) mass is 598 g/mol. The summed E-state index contributed by atoms with van der Waals surface area (Å²) < 4.78 is 160. The zero-order chi connectivity index (χ0) is 29.2. The van der Waals surface area contributed by atoms with Gasteiger partial charge in [0.15, 0.2) is 0 Å². The summed E-state index contributed by atoms with van der Waals surface area (Å²) in [5, 5.41) is 17.9. The minimum Gasteiger partial charge on any atom is -0.398 e.